The molecule has 8 nitrogen and oxygen atoms in total. The summed E-state index contributed by atoms with van der Waals surface area (Å²) in [6, 6.07) is 22.3. The molecular formula is C26H26N4O4S. The van der Waals surface area contributed by atoms with Gasteiger partial charge in [0.15, 0.2) is 0 Å². The molecule has 0 bridgehead atoms. The van der Waals surface area contributed by atoms with Crippen molar-refractivity contribution >= 4 is 15.9 Å². The van der Waals surface area contributed by atoms with E-state index >= 15 is 0 Å². The predicted octanol–water partition coefficient (Wildman–Crippen LogP) is 3.45. The smallest absolute Gasteiger partial charge is 0.251 e. The van der Waals surface area contributed by atoms with Crippen molar-refractivity contribution in [3.63, 3.8) is 0 Å². The Labute approximate surface area is 204 Å². The van der Waals surface area contributed by atoms with Gasteiger partial charge in [-0.1, -0.05) is 48.5 Å². The molecule has 0 aliphatic heterocycles. The minimum absolute atomic E-state index is 0.0919. The van der Waals surface area contributed by atoms with Crippen LogP contribution in [0.4, 0.5) is 0 Å². The largest absolute Gasteiger partial charge is 0.495 e. The van der Waals surface area contributed by atoms with Crippen molar-refractivity contribution in [2.75, 3.05) is 14.2 Å². The van der Waals surface area contributed by atoms with Crippen LogP contribution in [0.3, 0.4) is 0 Å². The van der Waals surface area contributed by atoms with E-state index in [2.05, 4.69) is 39.4 Å². The zero-order chi connectivity index (χ0) is 24.8. The predicted molar refractivity (Wildman–Crippen MR) is 134 cm³/mol. The van der Waals surface area contributed by atoms with Gasteiger partial charge in [-0.3, -0.25) is 9.48 Å². The number of amides is 1. The molecule has 9 heteroatoms. The lowest BCUT2D eigenvalue weighted by Gasteiger charge is -2.13. The van der Waals surface area contributed by atoms with E-state index < -0.39 is 10.0 Å². The van der Waals surface area contributed by atoms with Crippen molar-refractivity contribution in [1.29, 1.82) is 0 Å². The number of benzene rings is 3. The van der Waals surface area contributed by atoms with Gasteiger partial charge in [-0.25, -0.2) is 13.1 Å². The second kappa shape index (κ2) is 10.5. The zero-order valence-electron chi connectivity index (χ0n) is 19.4. The Bertz CT molecular complexity index is 1420. The van der Waals surface area contributed by atoms with Crippen LogP contribution >= 0.6 is 0 Å². The van der Waals surface area contributed by atoms with Gasteiger partial charge in [-0.15, -0.1) is 0 Å². The highest BCUT2D eigenvalue weighted by Gasteiger charge is 2.20. The summed E-state index contributed by atoms with van der Waals surface area (Å²) >= 11 is 0. The molecule has 0 aliphatic rings. The van der Waals surface area contributed by atoms with Crippen LogP contribution in [0.5, 0.6) is 5.75 Å². The fourth-order valence-corrected chi connectivity index (χ4v) is 4.66. The summed E-state index contributed by atoms with van der Waals surface area (Å²) in [5.74, 6) is -0.221. The highest BCUT2D eigenvalue weighted by atomic mass is 32.2. The van der Waals surface area contributed by atoms with Gasteiger partial charge >= 0.3 is 0 Å². The van der Waals surface area contributed by atoms with E-state index in [0.717, 1.165) is 22.3 Å². The van der Waals surface area contributed by atoms with Crippen molar-refractivity contribution in [1.82, 2.24) is 19.8 Å². The maximum absolute atomic E-state index is 12.9. The maximum Gasteiger partial charge on any atom is 0.251 e. The number of rotatable bonds is 9. The lowest BCUT2D eigenvalue weighted by atomic mass is 9.98. The molecule has 1 amide bonds. The highest BCUT2D eigenvalue weighted by molar-refractivity contribution is 7.89. The standard InChI is InChI=1S/C26H26N4O4S/c1-27-35(32,33)25-16-21(12-13-24(25)34-2)26(31)28-17-22-6-3-4-7-23(22)20-10-8-19(9-11-20)18-30-15-5-14-29-30/h3-16,27H,17-18H2,1-2H3,(H,28,31). The Balaban J connectivity index is 1.51. The van der Waals surface area contributed by atoms with Crippen molar-refractivity contribution in [2.24, 2.45) is 0 Å². The molecule has 0 atom stereocenters. The lowest BCUT2D eigenvalue weighted by molar-refractivity contribution is 0.0950. The number of hydrogen-bond donors (Lipinski definition) is 2. The Kier molecular flexibility index (Phi) is 7.28. The van der Waals surface area contributed by atoms with E-state index in [9.17, 15) is 13.2 Å². The summed E-state index contributed by atoms with van der Waals surface area (Å²) in [4.78, 5) is 12.8. The third-order valence-corrected chi connectivity index (χ3v) is 7.05. The van der Waals surface area contributed by atoms with Crippen LogP contribution in [0.15, 0.2) is 90.1 Å². The minimum atomic E-state index is -3.79. The SMILES string of the molecule is CNS(=O)(=O)c1cc(C(=O)NCc2ccccc2-c2ccc(Cn3cccn3)cc2)ccc1OC. The molecule has 1 aromatic heterocycles. The lowest BCUT2D eigenvalue weighted by Crippen LogP contribution is -2.24. The van der Waals surface area contributed by atoms with Crippen molar-refractivity contribution in [2.45, 2.75) is 18.0 Å². The number of carbonyl (C=O) groups is 1. The Hall–Kier alpha value is -3.95. The van der Waals surface area contributed by atoms with Crippen molar-refractivity contribution < 1.29 is 17.9 Å². The quantitative estimate of drug-likeness (QED) is 0.374. The monoisotopic (exact) mass is 490 g/mol. The van der Waals surface area contributed by atoms with Crippen molar-refractivity contribution in [3.05, 3.63) is 102 Å². The van der Waals surface area contributed by atoms with Gasteiger partial charge in [-0.05, 0) is 53.6 Å². The van der Waals surface area contributed by atoms with Gasteiger partial charge in [-0.2, -0.15) is 5.10 Å². The number of nitrogens with one attached hydrogen (secondary N) is 2. The zero-order valence-corrected chi connectivity index (χ0v) is 20.2. The molecular weight excluding hydrogens is 464 g/mol. The Morgan fingerprint density at radius 1 is 1.03 bits per heavy atom. The molecule has 0 saturated heterocycles. The number of methoxy groups -OCH3 is 1. The van der Waals surface area contributed by atoms with E-state index in [1.54, 1.807) is 6.20 Å². The van der Waals surface area contributed by atoms with E-state index in [-0.39, 0.29) is 28.7 Å². The van der Waals surface area contributed by atoms with Crippen LogP contribution in [0.1, 0.15) is 21.5 Å². The molecule has 4 aromatic rings. The molecule has 4 rings (SSSR count). The first-order valence-electron chi connectivity index (χ1n) is 11.0. The first-order chi connectivity index (χ1) is 16.9. The fourth-order valence-electron chi connectivity index (χ4n) is 3.74. The number of carbonyl (C=O) groups excluding carboxylic acids is 1. The average molecular weight is 491 g/mol. The van der Waals surface area contributed by atoms with Crippen molar-refractivity contribution in [3.8, 4) is 16.9 Å². The average Bonchev–Trinajstić information content (AvgIpc) is 3.40. The second-order valence-corrected chi connectivity index (χ2v) is 9.67. The van der Waals surface area contributed by atoms with Crippen LogP contribution in [0.2, 0.25) is 0 Å². The first kappa shape index (κ1) is 24.2. The van der Waals surface area contributed by atoms with Crippen LogP contribution in [0, 0.1) is 0 Å². The molecule has 180 valence electrons. The summed E-state index contributed by atoms with van der Waals surface area (Å²) in [5.41, 5.74) is 4.34. The maximum atomic E-state index is 12.9. The summed E-state index contributed by atoms with van der Waals surface area (Å²) in [6.07, 6.45) is 3.68. The minimum Gasteiger partial charge on any atom is -0.495 e. The summed E-state index contributed by atoms with van der Waals surface area (Å²) in [7, 11) is -1.10. The van der Waals surface area contributed by atoms with E-state index in [1.165, 1.54) is 32.4 Å². The van der Waals surface area contributed by atoms with Gasteiger partial charge in [0.25, 0.3) is 5.91 Å². The Morgan fingerprint density at radius 2 is 1.80 bits per heavy atom. The topological polar surface area (TPSA) is 102 Å². The fraction of sp³-hybridized carbons (Fsp3) is 0.154. The molecule has 3 aromatic carbocycles. The molecule has 0 fully saturated rings. The number of aromatic nitrogens is 2. The van der Waals surface area contributed by atoms with Crippen LogP contribution in [-0.2, 0) is 23.1 Å². The molecule has 0 radical (unpaired) electrons. The number of hydrogen-bond acceptors (Lipinski definition) is 5. The van der Waals surface area contributed by atoms with Crippen LogP contribution < -0.4 is 14.8 Å². The molecule has 0 saturated carbocycles. The summed E-state index contributed by atoms with van der Waals surface area (Å²) in [6.45, 7) is 0.974. The molecule has 1 heterocycles. The van der Waals surface area contributed by atoms with Gasteiger partial charge < -0.3 is 10.1 Å². The molecule has 0 spiro atoms. The normalized spacial score (nSPS) is 11.3. The molecule has 35 heavy (non-hydrogen) atoms. The number of sulfonamides is 1. The van der Waals surface area contributed by atoms with Gasteiger partial charge in [0.1, 0.15) is 10.6 Å². The van der Waals surface area contributed by atoms with Crippen LogP contribution in [-0.4, -0.2) is 38.3 Å². The van der Waals surface area contributed by atoms with E-state index in [0.29, 0.717) is 6.54 Å². The summed E-state index contributed by atoms with van der Waals surface area (Å²) in [5, 5.41) is 7.13. The molecule has 0 unspecified atom stereocenters. The van der Waals surface area contributed by atoms with Gasteiger partial charge in [0.05, 0.1) is 13.7 Å². The third-order valence-electron chi connectivity index (χ3n) is 5.61. The Morgan fingerprint density at radius 3 is 2.49 bits per heavy atom. The van der Waals surface area contributed by atoms with Gasteiger partial charge in [0.2, 0.25) is 10.0 Å². The van der Waals surface area contributed by atoms with E-state index in [4.69, 9.17) is 4.74 Å². The summed E-state index contributed by atoms with van der Waals surface area (Å²) < 4.78 is 33.9. The van der Waals surface area contributed by atoms with Crippen LogP contribution in [0.25, 0.3) is 11.1 Å². The molecule has 2 N–H and O–H groups in total. The first-order valence-corrected chi connectivity index (χ1v) is 12.4. The number of nitrogens with zero attached hydrogens (tertiary/aromatic N) is 2. The van der Waals surface area contributed by atoms with E-state index in [1.807, 2.05) is 41.2 Å². The van der Waals surface area contributed by atoms with Gasteiger partial charge in [0, 0.05) is 24.5 Å². The third kappa shape index (κ3) is 5.59. The second-order valence-electron chi connectivity index (χ2n) is 7.81. The highest BCUT2D eigenvalue weighted by Crippen LogP contribution is 2.26. The number of ether oxygens (including phenoxy) is 1. The molecule has 0 aliphatic carbocycles.